The Labute approximate surface area is 90.8 Å². The topological polar surface area (TPSA) is 0 Å². The summed E-state index contributed by atoms with van der Waals surface area (Å²) in [6.45, 7) is 0. The van der Waals surface area contributed by atoms with Crippen molar-refractivity contribution in [1.29, 1.82) is 0 Å². The summed E-state index contributed by atoms with van der Waals surface area (Å²) < 4.78 is 0. The third kappa shape index (κ3) is 8.90. The van der Waals surface area contributed by atoms with Gasteiger partial charge >= 0.3 is 42.9 Å². The van der Waals surface area contributed by atoms with Crippen molar-refractivity contribution in [1.82, 2.24) is 0 Å². The fraction of sp³-hybridized carbons (Fsp3) is 0. The van der Waals surface area contributed by atoms with Crippen LogP contribution in [0.4, 0.5) is 0 Å². The van der Waals surface area contributed by atoms with Crippen LogP contribution < -0.4 is 0 Å². The normalized spacial score (nSPS) is 0. The van der Waals surface area contributed by atoms with Crippen molar-refractivity contribution in [3.05, 3.63) is 0 Å². The Morgan fingerprint density at radius 1 is 1.00 bits per heavy atom. The molecule has 0 aliphatic heterocycles. The van der Waals surface area contributed by atoms with E-state index in [9.17, 15) is 0 Å². The molecule has 0 atom stereocenters. The largest absolute Gasteiger partial charge is 0 e. The molecular weight excluding hydrogens is 595 g/mol. The molecule has 0 N–H and O–H groups in total. The van der Waals surface area contributed by atoms with Gasteiger partial charge in [-0.25, -0.2) is 0 Å². The van der Waals surface area contributed by atoms with Gasteiger partial charge in [0.2, 0.25) is 0 Å². The van der Waals surface area contributed by atoms with Crippen LogP contribution in [0, 0.1) is 0 Å². The van der Waals surface area contributed by atoms with E-state index in [1.54, 1.807) is 0 Å². The van der Waals surface area contributed by atoms with Crippen LogP contribution in [0.1, 0.15) is 0 Å². The van der Waals surface area contributed by atoms with Gasteiger partial charge in [0.25, 0.3) is 0 Å². The Bertz CT molecular complexity index is 8.00. The van der Waals surface area contributed by atoms with Crippen molar-refractivity contribution in [3.8, 4) is 0 Å². The van der Waals surface area contributed by atoms with E-state index in [1.807, 2.05) is 0 Å². The number of hydrogen-bond acceptors (Lipinski definition) is 0. The van der Waals surface area contributed by atoms with Crippen molar-refractivity contribution in [2.24, 2.45) is 0 Å². The first kappa shape index (κ1) is 27.7. The molecule has 4 heavy (non-hydrogen) atoms. The monoisotopic (exact) mass is 601 g/mol. The minimum absolute atomic E-state index is 0. The zero-order valence-electron chi connectivity index (χ0n) is 1.33. The minimum Gasteiger partial charge on any atom is 0 e. The fourth-order valence-corrected chi connectivity index (χ4v) is 0. The molecule has 3 radical (unpaired) electrons. The summed E-state index contributed by atoms with van der Waals surface area (Å²) in [4.78, 5) is 0. The van der Waals surface area contributed by atoms with Crippen molar-refractivity contribution in [2.45, 2.75) is 0 Å². The number of hydrogen-bond donors (Lipinski definition) is 0. The van der Waals surface area contributed by atoms with Gasteiger partial charge in [0.1, 0.15) is 0 Å². The molecule has 0 saturated heterocycles. The van der Waals surface area contributed by atoms with Gasteiger partial charge in [0, 0.05) is 49.7 Å². The number of rotatable bonds is 0. The third-order valence-electron chi connectivity index (χ3n) is 0. The van der Waals surface area contributed by atoms with Crippen LogP contribution in [0.15, 0.2) is 0 Å². The van der Waals surface area contributed by atoms with Gasteiger partial charge in [0.15, 0.2) is 0 Å². The molecule has 0 aromatic rings. The predicted molar refractivity (Wildman–Crippen MR) is 22.8 cm³/mol. The molecule has 0 amide bonds. The first-order valence-electron chi connectivity index (χ1n) is 0. The Morgan fingerprint density at radius 2 is 1.00 bits per heavy atom. The molecule has 0 aliphatic carbocycles. The fourth-order valence-electron chi connectivity index (χ4n) is 0. The smallest absolute Gasteiger partial charge is 0 e. The second-order valence-corrected chi connectivity index (χ2v) is 0. The van der Waals surface area contributed by atoms with Crippen molar-refractivity contribution < 1.29 is 22.4 Å². The van der Waals surface area contributed by atoms with Crippen LogP contribution in [0.3, 0.4) is 0 Å². The van der Waals surface area contributed by atoms with E-state index in [0.717, 1.165) is 0 Å². The molecule has 0 aromatic heterocycles. The molecule has 0 fully saturated rings. The summed E-state index contributed by atoms with van der Waals surface area (Å²) in [7, 11) is 0. The molecule has 0 unspecified atom stereocenters. The van der Waals surface area contributed by atoms with Gasteiger partial charge < -0.3 is 0 Å². The maximum atomic E-state index is 0. The van der Waals surface area contributed by atoms with E-state index < -0.39 is 0 Å². The summed E-state index contributed by atoms with van der Waals surface area (Å²) in [6.07, 6.45) is 0. The van der Waals surface area contributed by atoms with E-state index >= 15 is 0 Å². The van der Waals surface area contributed by atoms with Gasteiger partial charge in [-0.3, -0.25) is 0 Å². The molecule has 0 heterocycles. The molecule has 0 aromatic carbocycles. The van der Waals surface area contributed by atoms with E-state index in [2.05, 4.69) is 0 Å². The Kier molecular flexibility index (Phi) is 115. The van der Waals surface area contributed by atoms with Gasteiger partial charge in [-0.05, 0) is 0 Å². The second-order valence-electron chi connectivity index (χ2n) is 0. The summed E-state index contributed by atoms with van der Waals surface area (Å²) in [5.74, 6) is 0. The van der Waals surface area contributed by atoms with Crippen LogP contribution in [0.5, 0.6) is 0 Å². The zero-order chi connectivity index (χ0) is 0. The molecule has 0 nitrogen and oxygen atoms in total. The maximum absolute atomic E-state index is 0. The van der Waals surface area contributed by atoms with Gasteiger partial charge in [-0.1, -0.05) is 0 Å². The van der Waals surface area contributed by atoms with E-state index in [-0.39, 0.29) is 92.6 Å². The Morgan fingerprint density at radius 3 is 1.00 bits per heavy atom. The Hall–Kier alpha value is 3.05. The molecule has 27 valence electrons. The quantitative estimate of drug-likeness (QED) is 0.278. The molecule has 0 bridgehead atoms. The van der Waals surface area contributed by atoms with Crippen molar-refractivity contribution in [2.75, 3.05) is 0 Å². The van der Waals surface area contributed by atoms with Crippen LogP contribution in [-0.4, -0.2) is 70.2 Å². The summed E-state index contributed by atoms with van der Waals surface area (Å²) in [5.41, 5.74) is 0. The summed E-state index contributed by atoms with van der Waals surface area (Å²) >= 11 is 0. The average molecular weight is 599 g/mol. The first-order valence-corrected chi connectivity index (χ1v) is 0. The molecule has 0 rings (SSSR count). The minimum atomic E-state index is 0. The zero-order valence-corrected chi connectivity index (χ0v) is 9.86. The SMILES string of the molecule is [Au].[InH3].[SeH].[Tl]. The first-order chi connectivity index (χ1) is 0. The van der Waals surface area contributed by atoms with Gasteiger partial charge in [-0.15, -0.1) is 0 Å². The Balaban J connectivity index is 0. The molecule has 4 heteroatoms. The molecule has 0 aliphatic rings. The molecular formula is H4AuInSeTl. The van der Waals surface area contributed by atoms with Crippen LogP contribution in [0.2, 0.25) is 0 Å². The average Bonchev–Trinajstić information content (AvgIpc) is 0. The summed E-state index contributed by atoms with van der Waals surface area (Å²) in [5, 5.41) is 0. The van der Waals surface area contributed by atoms with E-state index in [0.29, 0.717) is 0 Å². The van der Waals surface area contributed by atoms with Gasteiger partial charge in [-0.2, -0.15) is 0 Å². The van der Waals surface area contributed by atoms with Crippen LogP contribution in [0.25, 0.3) is 0 Å². The van der Waals surface area contributed by atoms with E-state index in [1.165, 1.54) is 0 Å². The standard InChI is InChI=1S/Au.In.HSe.Tl.3H/h;;1H;;;;. The van der Waals surface area contributed by atoms with E-state index in [4.69, 9.17) is 0 Å². The van der Waals surface area contributed by atoms with Crippen molar-refractivity contribution in [3.63, 3.8) is 0 Å². The summed E-state index contributed by atoms with van der Waals surface area (Å²) in [6, 6.07) is 0. The van der Waals surface area contributed by atoms with Crippen LogP contribution >= 0.6 is 0 Å². The van der Waals surface area contributed by atoms with Crippen molar-refractivity contribution >= 4 is 70.2 Å². The van der Waals surface area contributed by atoms with Gasteiger partial charge in [0.05, 0.1) is 0 Å². The molecule has 0 spiro atoms. The third-order valence-corrected chi connectivity index (χ3v) is 0. The predicted octanol–water partition coefficient (Wildman–Crippen LogP) is -2.22. The second kappa shape index (κ2) is 16.6. The maximum Gasteiger partial charge on any atom is 0 e. The molecule has 0 saturated carbocycles. The van der Waals surface area contributed by atoms with Crippen LogP contribution in [-0.2, 0) is 22.4 Å².